The predicted octanol–water partition coefficient (Wildman–Crippen LogP) is 2.56. The van der Waals surface area contributed by atoms with Crippen LogP contribution in [0.4, 0.5) is 11.4 Å². The fourth-order valence-electron chi connectivity index (χ4n) is 3.89. The summed E-state index contributed by atoms with van der Waals surface area (Å²) in [6, 6.07) is 5.84. The second-order valence-corrected chi connectivity index (χ2v) is 7.08. The van der Waals surface area contributed by atoms with Crippen LogP contribution in [0.5, 0.6) is 0 Å². The summed E-state index contributed by atoms with van der Waals surface area (Å²) in [5.74, 6) is 1.21. The van der Waals surface area contributed by atoms with Crippen molar-refractivity contribution in [3.63, 3.8) is 0 Å². The molecule has 0 radical (unpaired) electrons. The molecular formula is C19H27N3O2. The van der Waals surface area contributed by atoms with Crippen molar-refractivity contribution in [2.45, 2.75) is 39.5 Å². The smallest absolute Gasteiger partial charge is 0.224 e. The molecule has 0 aliphatic carbocycles. The summed E-state index contributed by atoms with van der Waals surface area (Å²) in [5, 5.41) is 6.40. The van der Waals surface area contributed by atoms with Crippen LogP contribution in [0.15, 0.2) is 18.2 Å². The van der Waals surface area contributed by atoms with E-state index in [0.717, 1.165) is 55.8 Å². The second-order valence-electron chi connectivity index (χ2n) is 7.08. The Labute approximate surface area is 143 Å². The molecule has 0 aromatic heterocycles. The summed E-state index contributed by atoms with van der Waals surface area (Å²) < 4.78 is 0. The zero-order valence-electron chi connectivity index (χ0n) is 14.6. The molecular weight excluding hydrogens is 302 g/mol. The minimum absolute atomic E-state index is 0.0707. The number of fused-ring (bicyclic) bond motifs is 1. The quantitative estimate of drug-likeness (QED) is 0.892. The third-order valence-corrected chi connectivity index (χ3v) is 5.33. The molecule has 130 valence electrons. The number of amides is 2. The molecule has 1 unspecified atom stereocenters. The summed E-state index contributed by atoms with van der Waals surface area (Å²) in [5.41, 5.74) is 2.94. The highest BCUT2D eigenvalue weighted by molar-refractivity contribution is 5.95. The van der Waals surface area contributed by atoms with Gasteiger partial charge in [0.1, 0.15) is 0 Å². The van der Waals surface area contributed by atoms with Crippen LogP contribution in [0.25, 0.3) is 0 Å². The average molecular weight is 329 g/mol. The van der Waals surface area contributed by atoms with Crippen molar-refractivity contribution in [3.8, 4) is 0 Å². The van der Waals surface area contributed by atoms with E-state index in [2.05, 4.69) is 17.6 Å². The molecule has 3 rings (SSSR count). The average Bonchev–Trinajstić information content (AvgIpc) is 2.99. The van der Waals surface area contributed by atoms with E-state index in [1.54, 1.807) is 11.8 Å². The Morgan fingerprint density at radius 1 is 1.33 bits per heavy atom. The van der Waals surface area contributed by atoms with E-state index in [-0.39, 0.29) is 11.8 Å². The van der Waals surface area contributed by atoms with E-state index >= 15 is 0 Å². The maximum atomic E-state index is 12.3. The third kappa shape index (κ3) is 3.78. The summed E-state index contributed by atoms with van der Waals surface area (Å²) in [6.07, 6.45) is 3.74. The molecule has 24 heavy (non-hydrogen) atoms. The molecule has 0 bridgehead atoms. The fraction of sp³-hybridized carbons (Fsp3) is 0.579. The molecule has 1 aromatic carbocycles. The number of benzene rings is 1. The van der Waals surface area contributed by atoms with Crippen LogP contribution in [0.2, 0.25) is 0 Å². The lowest BCUT2D eigenvalue weighted by atomic mass is 9.84. The van der Waals surface area contributed by atoms with Gasteiger partial charge in [0.25, 0.3) is 0 Å². The first kappa shape index (κ1) is 17.0. The van der Waals surface area contributed by atoms with Crippen LogP contribution >= 0.6 is 0 Å². The Balaban J connectivity index is 1.58. The van der Waals surface area contributed by atoms with E-state index in [1.165, 1.54) is 0 Å². The van der Waals surface area contributed by atoms with Crippen LogP contribution in [0.1, 0.15) is 38.7 Å². The normalized spacial score (nSPS) is 19.0. The molecule has 0 spiro atoms. The minimum atomic E-state index is 0.0707. The van der Waals surface area contributed by atoms with Gasteiger partial charge in [0.2, 0.25) is 11.8 Å². The monoisotopic (exact) mass is 329 g/mol. The van der Waals surface area contributed by atoms with Gasteiger partial charge in [0.05, 0.1) is 0 Å². The van der Waals surface area contributed by atoms with E-state index in [4.69, 9.17) is 0 Å². The Hall–Kier alpha value is -1.88. The van der Waals surface area contributed by atoms with Crippen molar-refractivity contribution >= 4 is 23.2 Å². The van der Waals surface area contributed by atoms with Crippen molar-refractivity contribution < 1.29 is 9.59 Å². The number of nitrogens with zero attached hydrogens (tertiary/aromatic N) is 1. The topological polar surface area (TPSA) is 61.4 Å². The number of hydrogen-bond donors (Lipinski definition) is 2. The van der Waals surface area contributed by atoms with Gasteiger partial charge in [0, 0.05) is 31.3 Å². The molecule has 1 saturated heterocycles. The number of anilines is 2. The van der Waals surface area contributed by atoms with Crippen LogP contribution in [-0.2, 0) is 16.0 Å². The minimum Gasteiger partial charge on any atom is -0.326 e. The molecule has 1 aromatic rings. The Kier molecular flexibility index (Phi) is 5.19. The van der Waals surface area contributed by atoms with Gasteiger partial charge in [-0.2, -0.15) is 0 Å². The van der Waals surface area contributed by atoms with Crippen molar-refractivity contribution in [2.24, 2.45) is 11.8 Å². The molecule has 2 amide bonds. The molecule has 2 aliphatic rings. The van der Waals surface area contributed by atoms with Gasteiger partial charge < -0.3 is 15.5 Å². The van der Waals surface area contributed by atoms with Crippen molar-refractivity contribution in [2.75, 3.05) is 29.9 Å². The molecule has 5 heteroatoms. The number of carbonyl (C=O) groups is 2. The maximum absolute atomic E-state index is 12.3. The summed E-state index contributed by atoms with van der Waals surface area (Å²) in [7, 11) is 0. The lowest BCUT2D eigenvalue weighted by molar-refractivity contribution is -0.117. The molecule has 1 fully saturated rings. The Bertz CT molecular complexity index is 623. The molecule has 0 saturated carbocycles. The van der Waals surface area contributed by atoms with Crippen LogP contribution in [0, 0.1) is 11.8 Å². The lowest BCUT2D eigenvalue weighted by Gasteiger charge is -2.27. The Morgan fingerprint density at radius 3 is 2.79 bits per heavy atom. The second kappa shape index (κ2) is 7.34. The molecule has 5 nitrogen and oxygen atoms in total. The third-order valence-electron chi connectivity index (χ3n) is 5.33. The highest BCUT2D eigenvalue weighted by Crippen LogP contribution is 2.31. The van der Waals surface area contributed by atoms with Crippen LogP contribution in [0.3, 0.4) is 0 Å². The number of hydrogen-bond acceptors (Lipinski definition) is 3. The number of carbonyl (C=O) groups excluding carboxylic acids is 2. The van der Waals surface area contributed by atoms with Gasteiger partial charge >= 0.3 is 0 Å². The van der Waals surface area contributed by atoms with E-state index < -0.39 is 0 Å². The zero-order chi connectivity index (χ0) is 17.1. The van der Waals surface area contributed by atoms with Gasteiger partial charge in [0.15, 0.2) is 0 Å². The molecule has 2 heterocycles. The highest BCUT2D eigenvalue weighted by atomic mass is 16.2. The zero-order valence-corrected chi connectivity index (χ0v) is 14.6. The van der Waals surface area contributed by atoms with Gasteiger partial charge in [-0.1, -0.05) is 6.92 Å². The first-order chi connectivity index (χ1) is 11.5. The largest absolute Gasteiger partial charge is 0.326 e. The number of nitrogens with one attached hydrogen (secondary N) is 2. The van der Waals surface area contributed by atoms with Crippen LogP contribution in [-0.4, -0.2) is 31.4 Å². The Morgan fingerprint density at radius 2 is 2.08 bits per heavy atom. The summed E-state index contributed by atoms with van der Waals surface area (Å²) in [4.78, 5) is 25.7. The molecule has 2 N–H and O–H groups in total. The molecule has 1 atom stereocenters. The SMILES string of the molecule is CC(=O)N1CCc2cc(NC(=O)CC(C)C3CCNCC3)ccc21. The van der Waals surface area contributed by atoms with Crippen molar-refractivity contribution in [1.82, 2.24) is 5.32 Å². The summed E-state index contributed by atoms with van der Waals surface area (Å²) >= 11 is 0. The maximum Gasteiger partial charge on any atom is 0.224 e. The molecule has 2 aliphatic heterocycles. The number of rotatable bonds is 4. The van der Waals surface area contributed by atoms with E-state index in [1.807, 2.05) is 18.2 Å². The predicted molar refractivity (Wildman–Crippen MR) is 96.2 cm³/mol. The standard InChI is InChI=1S/C19H27N3O2/c1-13(15-5-8-20-9-6-15)11-19(24)21-17-3-4-18-16(12-17)7-10-22(18)14(2)23/h3-4,12-13,15,20H,5-11H2,1-2H3,(H,21,24). The van der Waals surface area contributed by atoms with E-state index in [0.29, 0.717) is 18.3 Å². The number of piperidine rings is 1. The van der Waals surface area contributed by atoms with Gasteiger partial charge in [-0.25, -0.2) is 0 Å². The fourth-order valence-corrected chi connectivity index (χ4v) is 3.89. The van der Waals surface area contributed by atoms with Gasteiger partial charge in [-0.05, 0) is 68.0 Å². The van der Waals surface area contributed by atoms with Gasteiger partial charge in [-0.15, -0.1) is 0 Å². The van der Waals surface area contributed by atoms with E-state index in [9.17, 15) is 9.59 Å². The van der Waals surface area contributed by atoms with Crippen molar-refractivity contribution in [1.29, 1.82) is 0 Å². The van der Waals surface area contributed by atoms with Crippen molar-refractivity contribution in [3.05, 3.63) is 23.8 Å². The lowest BCUT2D eigenvalue weighted by Crippen LogP contribution is -2.32. The summed E-state index contributed by atoms with van der Waals surface area (Å²) in [6.45, 7) is 6.63. The first-order valence-corrected chi connectivity index (χ1v) is 8.96. The van der Waals surface area contributed by atoms with Gasteiger partial charge in [-0.3, -0.25) is 9.59 Å². The first-order valence-electron chi connectivity index (χ1n) is 8.96. The van der Waals surface area contributed by atoms with Crippen LogP contribution < -0.4 is 15.5 Å². The highest BCUT2D eigenvalue weighted by Gasteiger charge is 2.24.